The molecule has 0 atom stereocenters. The molecule has 1 aliphatic rings. The number of rotatable bonds is 9. The predicted molar refractivity (Wildman–Crippen MR) is 149 cm³/mol. The second-order valence-electron chi connectivity index (χ2n) is 9.59. The van der Waals surface area contributed by atoms with E-state index in [0.717, 1.165) is 47.0 Å². The number of carbonyl (C=O) groups is 2. The monoisotopic (exact) mass is 570 g/mol. The molecule has 10 heteroatoms. The Kier molecular flexibility index (Phi) is 8.04. The number of H-pyrrole nitrogens is 1. The summed E-state index contributed by atoms with van der Waals surface area (Å²) in [6.07, 6.45) is 4.02. The number of anilines is 1. The first-order valence-electron chi connectivity index (χ1n) is 12.6. The number of para-hydroxylation sites is 1. The normalized spacial score (nSPS) is 12.9. The van der Waals surface area contributed by atoms with Crippen LogP contribution in [0.1, 0.15) is 24.0 Å². The minimum Gasteiger partial charge on any atom is -0.361 e. The second-order valence-corrected chi connectivity index (χ2v) is 10.4. The molecule has 3 amide bonds. The van der Waals surface area contributed by atoms with Crippen molar-refractivity contribution >= 4 is 51.7 Å². The number of benzene rings is 3. The van der Waals surface area contributed by atoms with Gasteiger partial charge in [0.25, 0.3) is 0 Å². The lowest BCUT2D eigenvalue weighted by atomic mass is 10.1. The molecule has 6 nitrogen and oxygen atoms in total. The Balaban J connectivity index is 1.34. The molecular weight excluding hydrogens is 545 g/mol. The van der Waals surface area contributed by atoms with Crippen molar-refractivity contribution in [2.24, 2.45) is 0 Å². The summed E-state index contributed by atoms with van der Waals surface area (Å²) in [6, 6.07) is 15.3. The van der Waals surface area contributed by atoms with Gasteiger partial charge in [-0.25, -0.2) is 13.6 Å². The first-order valence-corrected chi connectivity index (χ1v) is 13.3. The number of carbonyl (C=O) groups excluding carboxylic acids is 2. The number of hydrogen-bond acceptors (Lipinski definition) is 2. The highest BCUT2D eigenvalue weighted by atomic mass is 35.5. The van der Waals surface area contributed by atoms with Crippen LogP contribution in [-0.2, 0) is 17.8 Å². The first-order chi connectivity index (χ1) is 18.8. The van der Waals surface area contributed by atoms with E-state index in [1.807, 2.05) is 36.5 Å². The largest absolute Gasteiger partial charge is 0.361 e. The van der Waals surface area contributed by atoms with Crippen molar-refractivity contribution < 1.29 is 18.4 Å². The number of fused-ring (bicyclic) bond motifs is 1. The molecule has 3 aromatic carbocycles. The minimum absolute atomic E-state index is 0.127. The van der Waals surface area contributed by atoms with Crippen molar-refractivity contribution in [1.82, 2.24) is 14.8 Å². The first kappa shape index (κ1) is 27.0. The molecule has 0 spiro atoms. The van der Waals surface area contributed by atoms with Crippen LogP contribution >= 0.6 is 23.2 Å². The molecule has 2 N–H and O–H groups in total. The van der Waals surface area contributed by atoms with Crippen molar-refractivity contribution in [2.45, 2.75) is 31.8 Å². The van der Waals surface area contributed by atoms with Gasteiger partial charge in [-0.1, -0.05) is 47.5 Å². The van der Waals surface area contributed by atoms with Gasteiger partial charge in [-0.2, -0.15) is 0 Å². The van der Waals surface area contributed by atoms with E-state index < -0.39 is 17.7 Å². The molecule has 0 bridgehead atoms. The lowest BCUT2D eigenvalue weighted by molar-refractivity contribution is -0.132. The van der Waals surface area contributed by atoms with E-state index in [2.05, 4.69) is 10.3 Å². The fourth-order valence-electron chi connectivity index (χ4n) is 4.52. The SMILES string of the molecule is O=C(CN(C(=O)Nc1ccc(F)cc1F)C1CC1)N(CCc1c[nH]c2ccccc12)Cc1ccc(Cl)c(Cl)c1. The van der Waals surface area contributed by atoms with E-state index in [1.54, 1.807) is 17.0 Å². The number of urea groups is 1. The molecule has 1 saturated carbocycles. The molecule has 1 aromatic heterocycles. The van der Waals surface area contributed by atoms with Gasteiger partial charge in [0.05, 0.1) is 15.7 Å². The van der Waals surface area contributed by atoms with Crippen LogP contribution in [0.5, 0.6) is 0 Å². The molecule has 1 fully saturated rings. The van der Waals surface area contributed by atoms with Crippen molar-refractivity contribution in [3.8, 4) is 0 Å². The van der Waals surface area contributed by atoms with Crippen LogP contribution in [0.2, 0.25) is 10.0 Å². The van der Waals surface area contributed by atoms with Crippen LogP contribution in [-0.4, -0.2) is 45.9 Å². The summed E-state index contributed by atoms with van der Waals surface area (Å²) in [4.78, 5) is 33.1. The lowest BCUT2D eigenvalue weighted by Gasteiger charge is -2.28. The van der Waals surface area contributed by atoms with Gasteiger partial charge in [-0.15, -0.1) is 0 Å². The molecule has 0 aliphatic heterocycles. The Morgan fingerprint density at radius 2 is 1.79 bits per heavy atom. The summed E-state index contributed by atoms with van der Waals surface area (Å²) in [5, 5.41) is 4.37. The topological polar surface area (TPSA) is 68.4 Å². The van der Waals surface area contributed by atoms with Crippen LogP contribution in [0.4, 0.5) is 19.3 Å². The zero-order chi connectivity index (χ0) is 27.5. The summed E-state index contributed by atoms with van der Waals surface area (Å²) in [6.45, 7) is 0.479. The van der Waals surface area contributed by atoms with Crippen LogP contribution in [0.3, 0.4) is 0 Å². The quantitative estimate of drug-likeness (QED) is 0.227. The smallest absolute Gasteiger partial charge is 0.322 e. The highest BCUT2D eigenvalue weighted by Crippen LogP contribution is 2.29. The van der Waals surface area contributed by atoms with Gasteiger partial charge < -0.3 is 20.1 Å². The Hall–Kier alpha value is -3.62. The minimum atomic E-state index is -0.884. The molecular formula is C29H26Cl2F2N4O2. The fraction of sp³-hybridized carbons (Fsp3) is 0.241. The van der Waals surface area contributed by atoms with Crippen LogP contribution in [0.15, 0.2) is 66.9 Å². The van der Waals surface area contributed by atoms with E-state index in [9.17, 15) is 18.4 Å². The summed E-state index contributed by atoms with van der Waals surface area (Å²) < 4.78 is 27.5. The lowest BCUT2D eigenvalue weighted by Crippen LogP contribution is -2.46. The zero-order valence-corrected chi connectivity index (χ0v) is 22.4. The average molecular weight is 571 g/mol. The number of aromatic amines is 1. The van der Waals surface area contributed by atoms with Gasteiger partial charge in [0.1, 0.15) is 18.2 Å². The summed E-state index contributed by atoms with van der Waals surface area (Å²) in [5.41, 5.74) is 2.74. The van der Waals surface area contributed by atoms with Gasteiger partial charge >= 0.3 is 6.03 Å². The molecule has 202 valence electrons. The standard InChI is InChI=1S/C29H26Cl2F2N4O2/c30-23-9-5-18(13-24(23)31)16-36(12-11-19-15-34-26-4-2-1-3-22(19)26)28(38)17-37(21-7-8-21)29(39)35-27-10-6-20(32)14-25(27)33/h1-6,9-10,13-15,21,34H,7-8,11-12,16-17H2,(H,35,39). The zero-order valence-electron chi connectivity index (χ0n) is 20.9. The van der Waals surface area contributed by atoms with Crippen LogP contribution < -0.4 is 5.32 Å². The number of aromatic nitrogens is 1. The summed E-state index contributed by atoms with van der Waals surface area (Å²) in [7, 11) is 0. The molecule has 5 rings (SSSR count). The Morgan fingerprint density at radius 3 is 2.54 bits per heavy atom. The van der Waals surface area contributed by atoms with E-state index in [-0.39, 0.29) is 30.7 Å². The number of nitrogens with one attached hydrogen (secondary N) is 2. The third-order valence-corrected chi connectivity index (χ3v) is 7.50. The number of hydrogen-bond donors (Lipinski definition) is 2. The maximum Gasteiger partial charge on any atom is 0.322 e. The van der Waals surface area contributed by atoms with E-state index in [1.165, 1.54) is 4.90 Å². The molecule has 1 heterocycles. The number of halogens is 4. The third kappa shape index (κ3) is 6.52. The molecule has 0 unspecified atom stereocenters. The highest BCUT2D eigenvalue weighted by Gasteiger charge is 2.35. The Labute approximate surface area is 234 Å². The average Bonchev–Trinajstić information content (AvgIpc) is 3.68. The second kappa shape index (κ2) is 11.6. The summed E-state index contributed by atoms with van der Waals surface area (Å²) in [5.74, 6) is -1.89. The van der Waals surface area contributed by atoms with Crippen molar-refractivity contribution in [3.63, 3.8) is 0 Å². The van der Waals surface area contributed by atoms with Crippen molar-refractivity contribution in [2.75, 3.05) is 18.4 Å². The van der Waals surface area contributed by atoms with E-state index in [4.69, 9.17) is 23.2 Å². The van der Waals surface area contributed by atoms with E-state index in [0.29, 0.717) is 29.1 Å². The Morgan fingerprint density at radius 1 is 1.00 bits per heavy atom. The predicted octanol–water partition coefficient (Wildman–Crippen LogP) is 7.02. The van der Waals surface area contributed by atoms with Gasteiger partial charge in [0, 0.05) is 42.3 Å². The molecule has 0 saturated heterocycles. The van der Waals surface area contributed by atoms with Crippen molar-refractivity contribution in [3.05, 3.63) is 99.7 Å². The molecule has 1 aliphatic carbocycles. The van der Waals surface area contributed by atoms with Gasteiger partial charge in [0.15, 0.2) is 0 Å². The molecule has 4 aromatic rings. The fourth-order valence-corrected chi connectivity index (χ4v) is 4.84. The third-order valence-electron chi connectivity index (χ3n) is 6.76. The molecule has 39 heavy (non-hydrogen) atoms. The summed E-state index contributed by atoms with van der Waals surface area (Å²) >= 11 is 12.3. The van der Waals surface area contributed by atoms with Gasteiger partial charge in [-0.05, 0) is 60.7 Å². The maximum absolute atomic E-state index is 14.2. The van der Waals surface area contributed by atoms with E-state index >= 15 is 0 Å². The maximum atomic E-state index is 14.2. The number of nitrogens with zero attached hydrogens (tertiary/aromatic N) is 2. The van der Waals surface area contributed by atoms with Crippen LogP contribution in [0, 0.1) is 11.6 Å². The molecule has 0 radical (unpaired) electrons. The van der Waals surface area contributed by atoms with Crippen molar-refractivity contribution in [1.29, 1.82) is 0 Å². The van der Waals surface area contributed by atoms with Gasteiger partial charge in [0.2, 0.25) is 5.91 Å². The van der Waals surface area contributed by atoms with Gasteiger partial charge in [-0.3, -0.25) is 4.79 Å². The number of amides is 3. The Bertz CT molecular complexity index is 1520. The van der Waals surface area contributed by atoms with Crippen LogP contribution in [0.25, 0.3) is 10.9 Å². The highest BCUT2D eigenvalue weighted by molar-refractivity contribution is 6.42.